The lowest BCUT2D eigenvalue weighted by Crippen LogP contribution is -2.01. The van der Waals surface area contributed by atoms with E-state index in [0.717, 1.165) is 6.07 Å². The van der Waals surface area contributed by atoms with Gasteiger partial charge in [-0.25, -0.2) is 23.5 Å². The second kappa shape index (κ2) is 9.87. The predicted molar refractivity (Wildman–Crippen MR) is 131 cm³/mol. The number of rotatable bonds is 7. The number of hydrogen-bond acceptors (Lipinski definition) is 5. The van der Waals surface area contributed by atoms with Gasteiger partial charge in [-0.2, -0.15) is 5.26 Å². The first kappa shape index (κ1) is 23.6. The Labute approximate surface area is 209 Å². The third-order valence-corrected chi connectivity index (χ3v) is 5.77. The van der Waals surface area contributed by atoms with E-state index in [-0.39, 0.29) is 35.6 Å². The molecule has 37 heavy (non-hydrogen) atoms. The van der Waals surface area contributed by atoms with Crippen LogP contribution in [0, 0.1) is 23.0 Å². The standard InChI is InChI=1S/C28H18F2N4O3/c29-21-10-16(14-31)4-5-20(21)15-37-27-3-1-2-23(34-27)18-7-6-17(22(30)11-18)13-26-32-24-9-8-19(28(35)36)12-25(24)33-26/h1-12H,13,15H2,(H,32,33)(H,35,36). The van der Waals surface area contributed by atoms with E-state index in [4.69, 9.17) is 15.1 Å². The fourth-order valence-corrected chi connectivity index (χ4v) is 3.85. The van der Waals surface area contributed by atoms with Gasteiger partial charge in [-0.1, -0.05) is 24.3 Å². The van der Waals surface area contributed by atoms with Gasteiger partial charge in [0.05, 0.1) is 33.9 Å². The van der Waals surface area contributed by atoms with Crippen LogP contribution in [0.1, 0.15) is 32.9 Å². The Kier molecular flexibility index (Phi) is 6.31. The Hall–Kier alpha value is -5.10. The number of nitriles is 1. The van der Waals surface area contributed by atoms with Crippen LogP contribution < -0.4 is 4.74 Å². The van der Waals surface area contributed by atoms with Crippen LogP contribution >= 0.6 is 0 Å². The normalized spacial score (nSPS) is 10.8. The minimum Gasteiger partial charge on any atom is -0.478 e. The van der Waals surface area contributed by atoms with Crippen molar-refractivity contribution in [3.8, 4) is 23.2 Å². The molecule has 3 aromatic carbocycles. The van der Waals surface area contributed by atoms with Gasteiger partial charge in [0.1, 0.15) is 24.1 Å². The maximum absolute atomic E-state index is 15.0. The molecule has 0 aliphatic rings. The van der Waals surface area contributed by atoms with Crippen molar-refractivity contribution < 1.29 is 23.4 Å². The number of ether oxygens (including phenoxy) is 1. The molecule has 0 fully saturated rings. The number of carboxylic acid groups (broad SMARTS) is 1. The molecule has 5 rings (SSSR count). The van der Waals surface area contributed by atoms with Crippen LogP contribution in [0.5, 0.6) is 5.88 Å². The predicted octanol–water partition coefficient (Wildman–Crippen LogP) is 5.64. The number of pyridine rings is 1. The molecule has 2 N–H and O–H groups in total. The summed E-state index contributed by atoms with van der Waals surface area (Å²) in [5.41, 5.74) is 3.22. The van der Waals surface area contributed by atoms with Crippen molar-refractivity contribution in [1.29, 1.82) is 5.26 Å². The first-order valence-corrected chi connectivity index (χ1v) is 11.2. The number of nitrogens with one attached hydrogen (secondary N) is 1. The van der Waals surface area contributed by atoms with Gasteiger partial charge in [-0.05, 0) is 48.0 Å². The van der Waals surface area contributed by atoms with Crippen molar-refractivity contribution in [3.05, 3.63) is 113 Å². The molecule has 0 unspecified atom stereocenters. The van der Waals surface area contributed by atoms with Crippen molar-refractivity contribution in [1.82, 2.24) is 15.0 Å². The molecule has 0 aliphatic carbocycles. The van der Waals surface area contributed by atoms with Gasteiger partial charge >= 0.3 is 5.97 Å². The molecule has 0 saturated carbocycles. The summed E-state index contributed by atoms with van der Waals surface area (Å²) in [6.45, 7) is -0.0766. The second-order valence-electron chi connectivity index (χ2n) is 8.27. The van der Waals surface area contributed by atoms with E-state index < -0.39 is 17.6 Å². The Bertz CT molecular complexity index is 1690. The van der Waals surface area contributed by atoms with E-state index in [2.05, 4.69) is 15.0 Å². The molecule has 0 amide bonds. The number of imidazole rings is 1. The molecule has 2 heterocycles. The molecule has 0 atom stereocenters. The fraction of sp³-hybridized carbons (Fsp3) is 0.0714. The summed E-state index contributed by atoms with van der Waals surface area (Å²) in [6.07, 6.45) is 0.190. The Morgan fingerprint density at radius 3 is 2.54 bits per heavy atom. The Morgan fingerprint density at radius 2 is 1.78 bits per heavy atom. The SMILES string of the molecule is N#Cc1ccc(COc2cccc(-c3ccc(Cc4nc5ccc(C(=O)O)cc5[nH]4)c(F)c3)n2)c(F)c1. The quantitative estimate of drug-likeness (QED) is 0.302. The van der Waals surface area contributed by atoms with Crippen LogP contribution in [-0.2, 0) is 13.0 Å². The van der Waals surface area contributed by atoms with Crippen LogP contribution in [-0.4, -0.2) is 26.0 Å². The summed E-state index contributed by atoms with van der Waals surface area (Å²) in [5, 5.41) is 18.0. The van der Waals surface area contributed by atoms with Crippen LogP contribution in [0.3, 0.4) is 0 Å². The van der Waals surface area contributed by atoms with E-state index in [1.807, 2.05) is 6.07 Å². The van der Waals surface area contributed by atoms with Crippen LogP contribution in [0.2, 0.25) is 0 Å². The highest BCUT2D eigenvalue weighted by molar-refractivity contribution is 5.92. The van der Waals surface area contributed by atoms with E-state index in [1.54, 1.807) is 36.4 Å². The molecule has 7 nitrogen and oxygen atoms in total. The van der Waals surface area contributed by atoms with Gasteiger partial charge in [-0.15, -0.1) is 0 Å². The Morgan fingerprint density at radius 1 is 0.973 bits per heavy atom. The first-order valence-electron chi connectivity index (χ1n) is 11.2. The number of H-pyrrole nitrogens is 1. The summed E-state index contributed by atoms with van der Waals surface area (Å²) in [4.78, 5) is 23.0. The number of nitrogens with zero attached hydrogens (tertiary/aromatic N) is 3. The number of aromatic carboxylic acids is 1. The monoisotopic (exact) mass is 496 g/mol. The molecule has 182 valence electrons. The van der Waals surface area contributed by atoms with E-state index in [9.17, 15) is 13.6 Å². The zero-order valence-electron chi connectivity index (χ0n) is 19.2. The topological polar surface area (TPSA) is 112 Å². The van der Waals surface area contributed by atoms with E-state index >= 15 is 0 Å². The molecule has 9 heteroatoms. The highest BCUT2D eigenvalue weighted by Gasteiger charge is 2.12. The number of aromatic amines is 1. The molecular formula is C28H18F2N4O3. The molecule has 0 aliphatic heterocycles. The van der Waals surface area contributed by atoms with Gasteiger partial charge in [0.15, 0.2) is 0 Å². The zero-order chi connectivity index (χ0) is 25.9. The summed E-state index contributed by atoms with van der Waals surface area (Å²) in [6, 6.07) is 20.4. The summed E-state index contributed by atoms with van der Waals surface area (Å²) < 4.78 is 34.7. The number of halogens is 2. The third kappa shape index (κ3) is 5.13. The minimum absolute atomic E-state index is 0.0766. The van der Waals surface area contributed by atoms with Gasteiger partial charge in [-0.3, -0.25) is 0 Å². The van der Waals surface area contributed by atoms with Gasteiger partial charge in [0.2, 0.25) is 5.88 Å². The average Bonchev–Trinajstić information content (AvgIpc) is 3.31. The Balaban J connectivity index is 1.31. The number of hydrogen-bond donors (Lipinski definition) is 2. The largest absolute Gasteiger partial charge is 0.478 e. The van der Waals surface area contributed by atoms with Crippen molar-refractivity contribution in [2.45, 2.75) is 13.0 Å². The smallest absolute Gasteiger partial charge is 0.335 e. The van der Waals surface area contributed by atoms with Crippen molar-refractivity contribution in [2.24, 2.45) is 0 Å². The highest BCUT2D eigenvalue weighted by Crippen LogP contribution is 2.25. The summed E-state index contributed by atoms with van der Waals surface area (Å²) in [7, 11) is 0. The molecule has 0 radical (unpaired) electrons. The molecule has 0 bridgehead atoms. The van der Waals surface area contributed by atoms with Crippen LogP contribution in [0.15, 0.2) is 72.8 Å². The average molecular weight is 496 g/mol. The van der Waals surface area contributed by atoms with E-state index in [1.165, 1.54) is 30.3 Å². The lowest BCUT2D eigenvalue weighted by atomic mass is 10.1. The van der Waals surface area contributed by atoms with Crippen molar-refractivity contribution in [3.63, 3.8) is 0 Å². The summed E-state index contributed by atoms with van der Waals surface area (Å²) in [5.74, 6) is -1.28. The number of fused-ring (bicyclic) bond motifs is 1. The molecule has 0 saturated heterocycles. The number of aromatic nitrogens is 3. The molecule has 5 aromatic rings. The van der Waals surface area contributed by atoms with Crippen molar-refractivity contribution >= 4 is 17.0 Å². The molecule has 2 aromatic heterocycles. The lowest BCUT2D eigenvalue weighted by Gasteiger charge is -2.09. The highest BCUT2D eigenvalue weighted by atomic mass is 19.1. The van der Waals surface area contributed by atoms with E-state index in [0.29, 0.717) is 33.7 Å². The zero-order valence-corrected chi connectivity index (χ0v) is 19.2. The maximum atomic E-state index is 15.0. The second-order valence-corrected chi connectivity index (χ2v) is 8.27. The van der Waals surface area contributed by atoms with Gasteiger partial charge in [0, 0.05) is 23.6 Å². The number of carbonyl (C=O) groups is 1. The molecular weight excluding hydrogens is 478 g/mol. The fourth-order valence-electron chi connectivity index (χ4n) is 3.85. The summed E-state index contributed by atoms with van der Waals surface area (Å²) >= 11 is 0. The van der Waals surface area contributed by atoms with Crippen LogP contribution in [0.4, 0.5) is 8.78 Å². The number of benzene rings is 3. The lowest BCUT2D eigenvalue weighted by molar-refractivity contribution is 0.0697. The van der Waals surface area contributed by atoms with Crippen LogP contribution in [0.25, 0.3) is 22.3 Å². The van der Waals surface area contributed by atoms with Gasteiger partial charge in [0.25, 0.3) is 0 Å². The number of carboxylic acids is 1. The minimum atomic E-state index is -1.04. The van der Waals surface area contributed by atoms with Gasteiger partial charge < -0.3 is 14.8 Å². The third-order valence-electron chi connectivity index (χ3n) is 5.77. The molecule has 0 spiro atoms. The first-order chi connectivity index (χ1) is 17.9. The van der Waals surface area contributed by atoms with Crippen molar-refractivity contribution in [2.75, 3.05) is 0 Å². The maximum Gasteiger partial charge on any atom is 0.335 e.